The lowest BCUT2D eigenvalue weighted by atomic mass is 9.99. The normalized spacial score (nSPS) is 11.6. The summed E-state index contributed by atoms with van der Waals surface area (Å²) in [5.41, 5.74) is 2.40. The monoisotopic (exact) mass is 366 g/mol. The number of carbonyl (C=O) groups excluding carboxylic acids is 1. The van der Waals surface area contributed by atoms with Gasteiger partial charge in [-0.15, -0.1) is 0 Å². The van der Waals surface area contributed by atoms with Gasteiger partial charge in [0.1, 0.15) is 5.75 Å². The van der Waals surface area contributed by atoms with Crippen LogP contribution in [0.3, 0.4) is 0 Å². The van der Waals surface area contributed by atoms with E-state index in [-0.39, 0.29) is 11.9 Å². The Labute approximate surface area is 157 Å². The molecule has 1 N–H and O–H groups in total. The number of amides is 1. The van der Waals surface area contributed by atoms with E-state index in [1.165, 1.54) is 0 Å². The molecule has 3 aromatic rings. The Morgan fingerprint density at radius 2 is 1.81 bits per heavy atom. The van der Waals surface area contributed by atoms with Crippen molar-refractivity contribution in [2.24, 2.45) is 0 Å². The summed E-state index contributed by atoms with van der Waals surface area (Å²) < 4.78 is 5.42. The van der Waals surface area contributed by atoms with Crippen LogP contribution in [0.15, 0.2) is 73.1 Å². The number of aromatic nitrogens is 1. The lowest BCUT2D eigenvalue weighted by molar-refractivity contribution is 0.0943. The molecule has 0 radical (unpaired) electrons. The van der Waals surface area contributed by atoms with Crippen molar-refractivity contribution in [1.29, 1.82) is 0 Å². The van der Waals surface area contributed by atoms with Gasteiger partial charge in [0.05, 0.1) is 12.6 Å². The van der Waals surface area contributed by atoms with Gasteiger partial charge < -0.3 is 10.1 Å². The van der Waals surface area contributed by atoms with E-state index in [2.05, 4.69) is 10.3 Å². The topological polar surface area (TPSA) is 51.2 Å². The number of pyridine rings is 1. The molecule has 5 heteroatoms. The van der Waals surface area contributed by atoms with E-state index in [0.29, 0.717) is 17.2 Å². The largest absolute Gasteiger partial charge is 0.494 e. The molecule has 1 unspecified atom stereocenters. The summed E-state index contributed by atoms with van der Waals surface area (Å²) in [6, 6.07) is 18.0. The van der Waals surface area contributed by atoms with Crippen LogP contribution in [-0.2, 0) is 0 Å². The molecular formula is C21H19ClN2O2. The minimum absolute atomic E-state index is 0.170. The Balaban J connectivity index is 1.85. The molecule has 1 amide bonds. The summed E-state index contributed by atoms with van der Waals surface area (Å²) in [5, 5.41) is 3.72. The van der Waals surface area contributed by atoms with Crippen molar-refractivity contribution >= 4 is 17.5 Å². The Morgan fingerprint density at radius 1 is 1.08 bits per heavy atom. The number of carbonyl (C=O) groups is 1. The highest BCUT2D eigenvalue weighted by Crippen LogP contribution is 2.24. The highest BCUT2D eigenvalue weighted by Gasteiger charge is 2.18. The summed E-state index contributed by atoms with van der Waals surface area (Å²) in [6.45, 7) is 2.51. The Kier molecular flexibility index (Phi) is 5.87. The molecular weight excluding hydrogens is 348 g/mol. The number of ether oxygens (including phenoxy) is 1. The van der Waals surface area contributed by atoms with Crippen molar-refractivity contribution in [3.63, 3.8) is 0 Å². The van der Waals surface area contributed by atoms with Gasteiger partial charge in [-0.05, 0) is 60.5 Å². The van der Waals surface area contributed by atoms with Crippen LogP contribution in [0.4, 0.5) is 0 Å². The van der Waals surface area contributed by atoms with Gasteiger partial charge in [0, 0.05) is 23.0 Å². The molecule has 132 valence electrons. The Hall–Kier alpha value is -2.85. The zero-order valence-corrected chi connectivity index (χ0v) is 15.1. The van der Waals surface area contributed by atoms with Gasteiger partial charge in [-0.25, -0.2) is 0 Å². The number of nitrogens with one attached hydrogen (secondary N) is 1. The summed E-state index contributed by atoms with van der Waals surface area (Å²) in [6.07, 6.45) is 3.45. The van der Waals surface area contributed by atoms with Crippen molar-refractivity contribution in [3.05, 3.63) is 94.8 Å². The number of rotatable bonds is 6. The molecule has 1 aromatic heterocycles. The van der Waals surface area contributed by atoms with Gasteiger partial charge in [-0.1, -0.05) is 29.8 Å². The van der Waals surface area contributed by atoms with E-state index in [4.69, 9.17) is 16.3 Å². The fraction of sp³-hybridized carbons (Fsp3) is 0.143. The number of halogens is 1. The van der Waals surface area contributed by atoms with Gasteiger partial charge in [-0.3, -0.25) is 9.78 Å². The quantitative estimate of drug-likeness (QED) is 0.690. The van der Waals surface area contributed by atoms with Gasteiger partial charge in [0.15, 0.2) is 0 Å². The molecule has 2 aromatic carbocycles. The van der Waals surface area contributed by atoms with Crippen LogP contribution in [0.25, 0.3) is 0 Å². The molecule has 0 saturated carbocycles. The molecule has 26 heavy (non-hydrogen) atoms. The first-order valence-electron chi connectivity index (χ1n) is 8.36. The predicted molar refractivity (Wildman–Crippen MR) is 103 cm³/mol. The van der Waals surface area contributed by atoms with E-state index in [1.54, 1.807) is 36.7 Å². The smallest absolute Gasteiger partial charge is 0.252 e. The molecule has 3 rings (SSSR count). The highest BCUT2D eigenvalue weighted by atomic mass is 35.5. The van der Waals surface area contributed by atoms with Crippen LogP contribution in [0.5, 0.6) is 5.75 Å². The maximum atomic E-state index is 12.7. The van der Waals surface area contributed by atoms with Crippen LogP contribution in [0, 0.1) is 0 Å². The molecule has 4 nitrogen and oxygen atoms in total. The zero-order valence-electron chi connectivity index (χ0n) is 14.4. The maximum absolute atomic E-state index is 12.7. The molecule has 0 fully saturated rings. The number of hydrogen-bond donors (Lipinski definition) is 1. The molecule has 0 aliphatic carbocycles. The summed E-state index contributed by atoms with van der Waals surface area (Å²) in [7, 11) is 0. The molecule has 1 atom stereocenters. The van der Waals surface area contributed by atoms with E-state index < -0.39 is 0 Å². The fourth-order valence-electron chi connectivity index (χ4n) is 2.64. The fourth-order valence-corrected chi connectivity index (χ4v) is 2.77. The van der Waals surface area contributed by atoms with Crippen LogP contribution >= 0.6 is 11.6 Å². The molecule has 0 bridgehead atoms. The van der Waals surface area contributed by atoms with Crippen molar-refractivity contribution in [1.82, 2.24) is 10.3 Å². The molecule has 0 saturated heterocycles. The van der Waals surface area contributed by atoms with E-state index in [9.17, 15) is 4.79 Å². The SMILES string of the molecule is CCOc1ccc(C(=O)NC(c2ccc(Cl)cc2)c2cccnc2)cc1. The summed E-state index contributed by atoms with van der Waals surface area (Å²) >= 11 is 5.99. The molecule has 0 aliphatic heterocycles. The van der Waals surface area contributed by atoms with E-state index in [0.717, 1.165) is 16.9 Å². The van der Waals surface area contributed by atoms with E-state index in [1.807, 2.05) is 43.3 Å². The average Bonchev–Trinajstić information content (AvgIpc) is 2.68. The first-order valence-corrected chi connectivity index (χ1v) is 8.74. The predicted octanol–water partition coefficient (Wildman–Crippen LogP) is 4.65. The van der Waals surface area contributed by atoms with Gasteiger partial charge in [-0.2, -0.15) is 0 Å². The second-order valence-electron chi connectivity index (χ2n) is 5.70. The highest BCUT2D eigenvalue weighted by molar-refractivity contribution is 6.30. The van der Waals surface area contributed by atoms with Crippen molar-refractivity contribution in [3.8, 4) is 5.75 Å². The van der Waals surface area contributed by atoms with Crippen LogP contribution in [-0.4, -0.2) is 17.5 Å². The van der Waals surface area contributed by atoms with Crippen LogP contribution in [0.2, 0.25) is 5.02 Å². The minimum atomic E-state index is -0.319. The number of hydrogen-bond acceptors (Lipinski definition) is 3. The molecule has 1 heterocycles. The first-order chi connectivity index (χ1) is 12.7. The Morgan fingerprint density at radius 3 is 2.42 bits per heavy atom. The third kappa shape index (κ3) is 4.41. The van der Waals surface area contributed by atoms with Crippen molar-refractivity contribution in [2.75, 3.05) is 6.61 Å². The van der Waals surface area contributed by atoms with Gasteiger partial charge in [0.25, 0.3) is 5.91 Å². The number of benzene rings is 2. The lowest BCUT2D eigenvalue weighted by Gasteiger charge is -2.20. The average molecular weight is 367 g/mol. The van der Waals surface area contributed by atoms with E-state index >= 15 is 0 Å². The third-order valence-electron chi connectivity index (χ3n) is 3.92. The second-order valence-corrected chi connectivity index (χ2v) is 6.14. The number of nitrogens with zero attached hydrogens (tertiary/aromatic N) is 1. The third-order valence-corrected chi connectivity index (χ3v) is 4.18. The van der Waals surface area contributed by atoms with Gasteiger partial charge in [0.2, 0.25) is 0 Å². The summed E-state index contributed by atoms with van der Waals surface area (Å²) in [4.78, 5) is 16.9. The molecule has 0 spiro atoms. The molecule has 0 aliphatic rings. The van der Waals surface area contributed by atoms with Gasteiger partial charge >= 0.3 is 0 Å². The zero-order chi connectivity index (χ0) is 18.4. The van der Waals surface area contributed by atoms with Crippen molar-refractivity contribution in [2.45, 2.75) is 13.0 Å². The van der Waals surface area contributed by atoms with Crippen molar-refractivity contribution < 1.29 is 9.53 Å². The maximum Gasteiger partial charge on any atom is 0.252 e. The summed E-state index contributed by atoms with van der Waals surface area (Å²) in [5.74, 6) is 0.572. The second kappa shape index (κ2) is 8.50. The minimum Gasteiger partial charge on any atom is -0.494 e. The Bertz CT molecular complexity index is 849. The standard InChI is InChI=1S/C21H19ClN2O2/c1-2-26-19-11-7-16(8-12-19)21(25)24-20(17-4-3-13-23-14-17)15-5-9-18(22)10-6-15/h3-14,20H,2H2,1H3,(H,24,25). The first kappa shape index (κ1) is 18.0. The lowest BCUT2D eigenvalue weighted by Crippen LogP contribution is -2.29. The van der Waals surface area contributed by atoms with Crippen LogP contribution in [0.1, 0.15) is 34.5 Å². The van der Waals surface area contributed by atoms with Crippen LogP contribution < -0.4 is 10.1 Å².